The highest BCUT2D eigenvalue weighted by molar-refractivity contribution is 4.82. The van der Waals surface area contributed by atoms with Gasteiger partial charge in [-0.25, -0.2) is 22.0 Å². The highest BCUT2D eigenvalue weighted by Crippen LogP contribution is 2.32. The quantitative estimate of drug-likeness (QED) is 0.607. The molecule has 0 aromatic carbocycles. The minimum Gasteiger partial charge on any atom is -0.240 e. The molecule has 1 atom stereocenters. The van der Waals surface area contributed by atoms with Gasteiger partial charge in [0.15, 0.2) is 6.17 Å². The first-order valence-electron chi connectivity index (χ1n) is 2.75. The fourth-order valence-electron chi connectivity index (χ4n) is 0.405. The van der Waals surface area contributed by atoms with Crippen molar-refractivity contribution in [3.8, 4) is 0 Å². The van der Waals surface area contributed by atoms with E-state index in [1.807, 2.05) is 0 Å². The summed E-state index contributed by atoms with van der Waals surface area (Å²) in [6.07, 6.45) is -12.5. The Labute approximate surface area is 63.4 Å². The van der Waals surface area contributed by atoms with E-state index in [2.05, 4.69) is 0 Å². The molecule has 0 rings (SSSR count). The molecule has 0 spiro atoms. The monoisotopic (exact) mass is 197 g/mol. The van der Waals surface area contributed by atoms with Crippen molar-refractivity contribution in [3.63, 3.8) is 0 Å². The first-order valence-corrected chi connectivity index (χ1v) is 2.75. The fraction of sp³-hybridized carbons (Fsp3) is 0.800. The van der Waals surface area contributed by atoms with Crippen LogP contribution in [-0.2, 0) is 0 Å². The second-order valence-electron chi connectivity index (χ2n) is 2.02. The fourth-order valence-corrected chi connectivity index (χ4v) is 0.405. The van der Waals surface area contributed by atoms with E-state index in [-0.39, 0.29) is 0 Å². The summed E-state index contributed by atoms with van der Waals surface area (Å²) in [5, 5.41) is 0. The maximum atomic E-state index is 11.8. The van der Waals surface area contributed by atoms with Crippen LogP contribution in [0.1, 0.15) is 6.42 Å². The van der Waals surface area contributed by atoms with Crippen LogP contribution in [0.2, 0.25) is 0 Å². The lowest BCUT2D eigenvalue weighted by molar-refractivity contribution is -0.145. The number of hydrogen-bond donors (Lipinski definition) is 0. The van der Waals surface area contributed by atoms with Crippen molar-refractivity contribution >= 4 is 0 Å². The summed E-state index contributed by atoms with van der Waals surface area (Å²) in [4.78, 5) is 0. The summed E-state index contributed by atoms with van der Waals surface area (Å²) in [6.45, 7) is 0. The van der Waals surface area contributed by atoms with Gasteiger partial charge < -0.3 is 0 Å². The van der Waals surface area contributed by atoms with Crippen LogP contribution in [-0.4, -0.2) is 18.5 Å². The number of halogens is 7. The predicted octanol–water partition coefficient (Wildman–Crippen LogP) is 3.04. The molecule has 1 unspecified atom stereocenters. The van der Waals surface area contributed by atoms with Crippen LogP contribution in [0.4, 0.5) is 30.7 Å². The van der Waals surface area contributed by atoms with Crippen LogP contribution >= 0.6 is 0 Å². The van der Waals surface area contributed by atoms with Gasteiger partial charge in [0.2, 0.25) is 0 Å². The zero-order valence-corrected chi connectivity index (χ0v) is 5.51. The standard InChI is InChI=1S/C5H4F7/c6-2(3(7)8)1-5(11,12)4(9)10/h2,4H,1H2. The summed E-state index contributed by atoms with van der Waals surface area (Å²) in [5.41, 5.74) is 0. The largest absolute Gasteiger partial charge is 0.343 e. The van der Waals surface area contributed by atoms with Gasteiger partial charge in [-0.05, 0) is 0 Å². The Balaban J connectivity index is 4.05. The van der Waals surface area contributed by atoms with Crippen LogP contribution in [0.3, 0.4) is 0 Å². The topological polar surface area (TPSA) is 0 Å². The molecule has 0 N–H and O–H groups in total. The maximum absolute atomic E-state index is 11.8. The lowest BCUT2D eigenvalue weighted by Crippen LogP contribution is -2.31. The van der Waals surface area contributed by atoms with Crippen molar-refractivity contribution < 1.29 is 30.7 Å². The summed E-state index contributed by atoms with van der Waals surface area (Å²) in [6, 6.07) is 0. The van der Waals surface area contributed by atoms with Crippen LogP contribution < -0.4 is 0 Å². The Morgan fingerprint density at radius 3 is 1.75 bits per heavy atom. The average Bonchev–Trinajstić information content (AvgIpc) is 1.85. The molecule has 0 amide bonds. The van der Waals surface area contributed by atoms with E-state index in [0.29, 0.717) is 0 Å². The molecule has 0 bridgehead atoms. The van der Waals surface area contributed by atoms with Gasteiger partial charge in [-0.15, -0.1) is 0 Å². The zero-order chi connectivity index (χ0) is 9.94. The number of rotatable bonds is 4. The Morgan fingerprint density at radius 1 is 1.08 bits per heavy atom. The first kappa shape index (κ1) is 11.5. The number of hydrogen-bond acceptors (Lipinski definition) is 0. The van der Waals surface area contributed by atoms with Crippen LogP contribution in [0.5, 0.6) is 0 Å². The SMILES string of the molecule is F[C](F)C(F)CC(F)(F)C(F)F. The van der Waals surface area contributed by atoms with Crippen molar-refractivity contribution in [2.45, 2.75) is 24.9 Å². The van der Waals surface area contributed by atoms with E-state index in [9.17, 15) is 30.7 Å². The van der Waals surface area contributed by atoms with E-state index < -0.39 is 31.4 Å². The van der Waals surface area contributed by atoms with Gasteiger partial charge in [0, 0.05) is 0 Å². The van der Waals surface area contributed by atoms with Gasteiger partial charge in [-0.1, -0.05) is 0 Å². The van der Waals surface area contributed by atoms with E-state index in [0.717, 1.165) is 0 Å². The summed E-state index contributed by atoms with van der Waals surface area (Å²) >= 11 is 0. The second kappa shape index (κ2) is 3.95. The highest BCUT2D eigenvalue weighted by Gasteiger charge is 2.45. The summed E-state index contributed by atoms with van der Waals surface area (Å²) < 4.78 is 80.3. The molecule has 0 aromatic rings. The van der Waals surface area contributed by atoms with Crippen LogP contribution in [0, 0.1) is 6.43 Å². The molecule has 0 heterocycles. The minimum absolute atomic E-state index is 2.19. The molecule has 0 aromatic heterocycles. The number of alkyl halides is 5. The maximum Gasteiger partial charge on any atom is 0.343 e. The van der Waals surface area contributed by atoms with Crippen molar-refractivity contribution in [1.29, 1.82) is 0 Å². The molecule has 0 saturated carbocycles. The molecule has 73 valence electrons. The third-order valence-corrected chi connectivity index (χ3v) is 1.01. The highest BCUT2D eigenvalue weighted by atomic mass is 19.3. The van der Waals surface area contributed by atoms with Crippen molar-refractivity contribution in [1.82, 2.24) is 0 Å². The Morgan fingerprint density at radius 2 is 1.50 bits per heavy atom. The molecular weight excluding hydrogens is 193 g/mol. The van der Waals surface area contributed by atoms with E-state index >= 15 is 0 Å². The van der Waals surface area contributed by atoms with Crippen LogP contribution in [0.25, 0.3) is 0 Å². The molecule has 0 aliphatic rings. The lowest BCUT2D eigenvalue weighted by atomic mass is 10.2. The summed E-state index contributed by atoms with van der Waals surface area (Å²) in [5.74, 6) is -4.71. The summed E-state index contributed by atoms with van der Waals surface area (Å²) in [7, 11) is 0. The normalized spacial score (nSPS) is 15.8. The predicted molar refractivity (Wildman–Crippen MR) is 25.9 cm³/mol. The van der Waals surface area contributed by atoms with Gasteiger partial charge in [0.25, 0.3) is 0 Å². The van der Waals surface area contributed by atoms with E-state index in [1.54, 1.807) is 0 Å². The molecule has 0 nitrogen and oxygen atoms in total. The molecular formula is C5H4F7. The molecule has 0 aliphatic heterocycles. The lowest BCUT2D eigenvalue weighted by Gasteiger charge is -2.16. The molecule has 12 heavy (non-hydrogen) atoms. The second-order valence-corrected chi connectivity index (χ2v) is 2.02. The molecule has 0 saturated heterocycles. The third kappa shape index (κ3) is 3.27. The smallest absolute Gasteiger partial charge is 0.240 e. The van der Waals surface area contributed by atoms with Gasteiger partial charge >= 0.3 is 18.8 Å². The van der Waals surface area contributed by atoms with Crippen molar-refractivity contribution in [2.75, 3.05) is 0 Å². The van der Waals surface area contributed by atoms with Gasteiger partial charge in [-0.2, -0.15) is 8.78 Å². The van der Waals surface area contributed by atoms with Crippen LogP contribution in [0.15, 0.2) is 0 Å². The Bertz CT molecular complexity index is 132. The van der Waals surface area contributed by atoms with Gasteiger partial charge in [0.1, 0.15) is 0 Å². The Hall–Kier alpha value is -0.490. The minimum atomic E-state index is -4.71. The molecule has 0 aliphatic carbocycles. The molecule has 1 radical (unpaired) electrons. The third-order valence-electron chi connectivity index (χ3n) is 1.01. The van der Waals surface area contributed by atoms with Crippen molar-refractivity contribution in [2.24, 2.45) is 0 Å². The molecule has 0 fully saturated rings. The van der Waals surface area contributed by atoms with E-state index in [4.69, 9.17) is 0 Å². The van der Waals surface area contributed by atoms with Gasteiger partial charge in [-0.3, -0.25) is 0 Å². The first-order chi connectivity index (χ1) is 5.27. The Kier molecular flexibility index (Phi) is 3.79. The average molecular weight is 197 g/mol. The molecule has 7 heteroatoms. The zero-order valence-electron chi connectivity index (χ0n) is 5.51. The van der Waals surface area contributed by atoms with Gasteiger partial charge in [0.05, 0.1) is 6.42 Å². The van der Waals surface area contributed by atoms with Crippen molar-refractivity contribution in [3.05, 3.63) is 6.43 Å². The van der Waals surface area contributed by atoms with E-state index in [1.165, 1.54) is 0 Å².